The molecule has 3 rings (SSSR count). The van der Waals surface area contributed by atoms with Crippen LogP contribution in [0.1, 0.15) is 43.5 Å². The summed E-state index contributed by atoms with van der Waals surface area (Å²) in [7, 11) is 0. The van der Waals surface area contributed by atoms with E-state index in [1.165, 1.54) is 16.2 Å². The van der Waals surface area contributed by atoms with Crippen LogP contribution >= 0.6 is 11.3 Å². The minimum atomic E-state index is -0.961. The Kier molecular flexibility index (Phi) is 3.12. The van der Waals surface area contributed by atoms with Crippen LogP contribution in [0, 0.1) is 5.41 Å². The molecule has 1 saturated carbocycles. The van der Waals surface area contributed by atoms with Crippen molar-refractivity contribution in [2.75, 3.05) is 0 Å². The van der Waals surface area contributed by atoms with Crippen molar-refractivity contribution in [2.45, 2.75) is 38.6 Å². The molecule has 0 radical (unpaired) electrons. The van der Waals surface area contributed by atoms with Crippen LogP contribution in [0.3, 0.4) is 0 Å². The molecule has 1 aromatic heterocycles. The zero-order chi connectivity index (χ0) is 14.3. The van der Waals surface area contributed by atoms with Gasteiger partial charge in [-0.3, -0.25) is 19.8 Å². The van der Waals surface area contributed by atoms with Gasteiger partial charge >= 0.3 is 6.03 Å². The minimum absolute atomic E-state index is 0.266. The number of barbiturate groups is 1. The van der Waals surface area contributed by atoms with Crippen LogP contribution in [-0.4, -0.2) is 22.7 Å². The molecular formula is C14H16N2O3S. The van der Waals surface area contributed by atoms with Gasteiger partial charge in [0.2, 0.25) is 11.8 Å². The highest BCUT2D eigenvalue weighted by Gasteiger charge is 2.63. The largest absolute Gasteiger partial charge is 0.331 e. The smallest absolute Gasteiger partial charge is 0.277 e. The Morgan fingerprint density at radius 1 is 1.40 bits per heavy atom. The lowest BCUT2D eigenvalue weighted by molar-refractivity contribution is -0.146. The zero-order valence-electron chi connectivity index (χ0n) is 11.2. The Bertz CT molecular complexity index is 563. The Morgan fingerprint density at radius 2 is 2.15 bits per heavy atom. The number of thiophene rings is 1. The first kappa shape index (κ1) is 13.3. The maximum Gasteiger partial charge on any atom is 0.331 e. The van der Waals surface area contributed by atoms with Gasteiger partial charge in [0.1, 0.15) is 5.41 Å². The molecule has 2 fully saturated rings. The van der Waals surface area contributed by atoms with E-state index in [2.05, 4.69) is 5.32 Å². The van der Waals surface area contributed by atoms with E-state index in [1.807, 2.05) is 24.4 Å². The summed E-state index contributed by atoms with van der Waals surface area (Å²) in [6.45, 7) is 2.02. The second kappa shape index (κ2) is 4.70. The summed E-state index contributed by atoms with van der Waals surface area (Å²) in [6.07, 6.45) is 2.67. The van der Waals surface area contributed by atoms with Crippen molar-refractivity contribution >= 4 is 29.2 Å². The van der Waals surface area contributed by atoms with Gasteiger partial charge in [-0.1, -0.05) is 19.4 Å². The van der Waals surface area contributed by atoms with E-state index >= 15 is 0 Å². The fourth-order valence-corrected chi connectivity index (χ4v) is 3.55. The summed E-state index contributed by atoms with van der Waals surface area (Å²) >= 11 is 1.53. The van der Waals surface area contributed by atoms with Gasteiger partial charge in [-0.05, 0) is 30.7 Å². The molecule has 2 aliphatic rings. The van der Waals surface area contributed by atoms with Crippen molar-refractivity contribution in [1.82, 2.24) is 10.2 Å². The van der Waals surface area contributed by atoms with Crippen molar-refractivity contribution in [3.05, 3.63) is 22.4 Å². The molecule has 1 spiro atoms. The molecule has 5 nitrogen and oxygen atoms in total. The van der Waals surface area contributed by atoms with Gasteiger partial charge < -0.3 is 0 Å². The molecule has 1 aliphatic heterocycles. The van der Waals surface area contributed by atoms with Crippen molar-refractivity contribution in [3.63, 3.8) is 0 Å². The van der Waals surface area contributed by atoms with Gasteiger partial charge in [0.25, 0.3) is 0 Å². The van der Waals surface area contributed by atoms with Gasteiger partial charge in [-0.15, -0.1) is 11.3 Å². The standard InChI is InChI=1S/C14H16N2O3S/c1-2-4-9(10-5-3-8-20-10)16-12(18)14(6-7-14)11(17)15-13(16)19/h3,5,8-9H,2,4,6-7H2,1H3,(H,15,17,19). The molecule has 1 atom stereocenters. The molecule has 1 aliphatic carbocycles. The highest BCUT2D eigenvalue weighted by atomic mass is 32.1. The summed E-state index contributed by atoms with van der Waals surface area (Å²) in [5.74, 6) is -0.747. The molecule has 20 heavy (non-hydrogen) atoms. The van der Waals surface area contributed by atoms with Gasteiger partial charge in [-0.2, -0.15) is 0 Å². The molecule has 0 aromatic carbocycles. The SMILES string of the molecule is CCCC(c1cccs1)N1C(=O)NC(=O)C2(CC2)C1=O. The fourth-order valence-electron chi connectivity index (χ4n) is 2.70. The summed E-state index contributed by atoms with van der Waals surface area (Å²) in [5.41, 5.74) is -0.961. The highest BCUT2D eigenvalue weighted by molar-refractivity contribution is 7.10. The Hall–Kier alpha value is -1.69. The highest BCUT2D eigenvalue weighted by Crippen LogP contribution is 2.50. The zero-order valence-corrected chi connectivity index (χ0v) is 12.0. The number of rotatable bonds is 4. The number of urea groups is 1. The second-order valence-electron chi connectivity index (χ2n) is 5.34. The van der Waals surface area contributed by atoms with Crippen LogP contribution in [0.15, 0.2) is 17.5 Å². The van der Waals surface area contributed by atoms with E-state index in [0.29, 0.717) is 19.3 Å². The quantitative estimate of drug-likeness (QED) is 0.867. The van der Waals surface area contributed by atoms with Crippen molar-refractivity contribution < 1.29 is 14.4 Å². The third kappa shape index (κ3) is 1.86. The number of nitrogens with zero attached hydrogens (tertiary/aromatic N) is 1. The Balaban J connectivity index is 1.95. The van der Waals surface area contributed by atoms with Crippen molar-refractivity contribution in [3.8, 4) is 0 Å². The fraction of sp³-hybridized carbons (Fsp3) is 0.500. The maximum absolute atomic E-state index is 12.6. The molecule has 2 heterocycles. The van der Waals surface area contributed by atoms with Crippen molar-refractivity contribution in [1.29, 1.82) is 0 Å². The molecule has 1 saturated heterocycles. The van der Waals surface area contributed by atoms with E-state index in [1.54, 1.807) is 0 Å². The lowest BCUT2D eigenvalue weighted by atomic mass is 9.98. The predicted octanol–water partition coefficient (Wildman–Crippen LogP) is 2.45. The Labute approximate surface area is 121 Å². The lowest BCUT2D eigenvalue weighted by Gasteiger charge is -2.35. The third-order valence-corrected chi connectivity index (χ3v) is 4.97. The molecule has 106 valence electrons. The second-order valence-corrected chi connectivity index (χ2v) is 6.32. The number of hydrogen-bond donors (Lipinski definition) is 1. The number of hydrogen-bond acceptors (Lipinski definition) is 4. The van der Waals surface area contributed by atoms with Crippen LogP contribution in [0.2, 0.25) is 0 Å². The summed E-state index contributed by atoms with van der Waals surface area (Å²) in [5, 5.41) is 4.28. The van der Waals surface area contributed by atoms with E-state index < -0.39 is 17.4 Å². The van der Waals surface area contributed by atoms with E-state index in [9.17, 15) is 14.4 Å². The first-order valence-corrected chi connectivity index (χ1v) is 7.70. The molecular weight excluding hydrogens is 276 g/mol. The monoisotopic (exact) mass is 292 g/mol. The topological polar surface area (TPSA) is 66.5 Å². The number of amides is 4. The molecule has 4 amide bonds. The average molecular weight is 292 g/mol. The first-order valence-electron chi connectivity index (χ1n) is 6.82. The van der Waals surface area contributed by atoms with Gasteiger partial charge in [0.15, 0.2) is 0 Å². The summed E-state index contributed by atoms with van der Waals surface area (Å²) in [4.78, 5) is 38.8. The number of nitrogens with one attached hydrogen (secondary N) is 1. The molecule has 1 unspecified atom stereocenters. The average Bonchev–Trinajstić information content (AvgIpc) is 3.04. The molecule has 1 N–H and O–H groups in total. The summed E-state index contributed by atoms with van der Waals surface area (Å²) in [6, 6.07) is 3.00. The van der Waals surface area contributed by atoms with Gasteiger partial charge in [-0.25, -0.2) is 4.79 Å². The van der Waals surface area contributed by atoms with E-state index in [-0.39, 0.29) is 11.9 Å². The number of carbonyl (C=O) groups excluding carboxylic acids is 3. The van der Waals surface area contributed by atoms with Crippen LogP contribution in [0.5, 0.6) is 0 Å². The third-order valence-electron chi connectivity index (χ3n) is 4.00. The van der Waals surface area contributed by atoms with Gasteiger partial charge in [0.05, 0.1) is 6.04 Å². The lowest BCUT2D eigenvalue weighted by Crippen LogP contribution is -2.59. The van der Waals surface area contributed by atoms with Crippen LogP contribution in [0.4, 0.5) is 4.79 Å². The van der Waals surface area contributed by atoms with Crippen molar-refractivity contribution in [2.24, 2.45) is 5.41 Å². The number of carbonyl (C=O) groups is 3. The minimum Gasteiger partial charge on any atom is -0.277 e. The molecule has 1 aromatic rings. The Morgan fingerprint density at radius 3 is 2.70 bits per heavy atom. The molecule has 6 heteroatoms. The maximum atomic E-state index is 12.6. The van der Waals surface area contributed by atoms with E-state index in [0.717, 1.165) is 11.3 Å². The van der Waals surface area contributed by atoms with E-state index in [4.69, 9.17) is 0 Å². The number of imide groups is 2. The summed E-state index contributed by atoms with van der Waals surface area (Å²) < 4.78 is 0. The predicted molar refractivity (Wildman–Crippen MR) is 74.0 cm³/mol. The van der Waals surface area contributed by atoms with Crippen LogP contribution in [-0.2, 0) is 9.59 Å². The first-order chi connectivity index (χ1) is 9.60. The molecule has 0 bridgehead atoms. The van der Waals surface area contributed by atoms with Crippen LogP contribution in [0.25, 0.3) is 0 Å². The normalized spacial score (nSPS) is 22.1. The van der Waals surface area contributed by atoms with Gasteiger partial charge in [0, 0.05) is 4.88 Å². The van der Waals surface area contributed by atoms with Crippen LogP contribution < -0.4 is 5.32 Å².